The first-order chi connectivity index (χ1) is 21.2. The Kier molecular flexibility index (Phi) is 14.1. The average Bonchev–Trinajstić information content (AvgIpc) is 3.42. The molecule has 15 nitrogen and oxygen atoms in total. The maximum absolute atomic E-state index is 14.3. The van der Waals surface area contributed by atoms with Crippen LogP contribution in [0.15, 0.2) is 18.2 Å². The van der Waals surface area contributed by atoms with Gasteiger partial charge >= 0.3 is 19.9 Å². The van der Waals surface area contributed by atoms with Crippen LogP contribution in [0, 0.1) is 19.7 Å². The number of hydrogen-bond donors (Lipinski definition) is 5. The number of hydrogen-bond acceptors (Lipinski definition) is 10. The molecule has 1 aromatic carbocycles. The zero-order valence-corrected chi connectivity index (χ0v) is 27.4. The zero-order valence-electron chi connectivity index (χ0n) is 25.7. The number of nitrogens with one attached hydrogen (secondary N) is 2. The van der Waals surface area contributed by atoms with E-state index >= 15 is 0 Å². The van der Waals surface area contributed by atoms with Gasteiger partial charge in [-0.25, -0.2) is 18.6 Å². The molecule has 0 saturated carbocycles. The number of aryl methyl sites for hydroxylation is 1. The summed E-state index contributed by atoms with van der Waals surface area (Å²) in [4.78, 5) is 75.1. The summed E-state index contributed by atoms with van der Waals surface area (Å²) >= 11 is 0. The van der Waals surface area contributed by atoms with Crippen molar-refractivity contribution in [1.29, 1.82) is 0 Å². The number of likely N-dealkylation sites (N-methyl/N-ethyl adjacent to an activating group) is 1. The zero-order chi connectivity index (χ0) is 33.5. The van der Waals surface area contributed by atoms with Crippen LogP contribution in [0.5, 0.6) is 0 Å². The van der Waals surface area contributed by atoms with E-state index in [-0.39, 0.29) is 35.1 Å². The lowest BCUT2D eigenvalue weighted by molar-refractivity contribution is -0.151. The van der Waals surface area contributed by atoms with E-state index in [2.05, 4.69) is 19.7 Å². The highest BCUT2D eigenvalue weighted by Crippen LogP contribution is 2.39. The highest BCUT2D eigenvalue weighted by atomic mass is 35.5. The normalized spacial score (nSPS) is 14.2. The fourth-order valence-corrected chi connectivity index (χ4v) is 5.06. The SMILES string of the molecule is CCN(CC)CCNC(=O)c1c(C)[nH]c(/C=C2\C(=O)N(C(=O)OCC(COP(=O)(O)O)OC(=O)CN)c3ccc(F)cc32)c1C.Cl. The summed E-state index contributed by atoms with van der Waals surface area (Å²) in [7, 11) is -4.97. The van der Waals surface area contributed by atoms with E-state index in [0.717, 1.165) is 25.2 Å². The summed E-state index contributed by atoms with van der Waals surface area (Å²) in [6.45, 7) is 8.07. The van der Waals surface area contributed by atoms with Crippen molar-refractivity contribution in [2.45, 2.75) is 33.8 Å². The van der Waals surface area contributed by atoms with Crippen LogP contribution in [0.1, 0.15) is 46.7 Å². The first kappa shape index (κ1) is 38.6. The van der Waals surface area contributed by atoms with Crippen molar-refractivity contribution >= 4 is 61.4 Å². The molecule has 1 atom stereocenters. The van der Waals surface area contributed by atoms with E-state index in [1.807, 2.05) is 13.8 Å². The number of phosphoric acid groups is 1. The number of benzene rings is 1. The minimum atomic E-state index is -4.97. The first-order valence-electron chi connectivity index (χ1n) is 14.0. The number of amides is 3. The molecule has 1 aliphatic rings. The van der Waals surface area contributed by atoms with E-state index in [4.69, 9.17) is 25.0 Å². The van der Waals surface area contributed by atoms with Crippen molar-refractivity contribution in [3.8, 4) is 0 Å². The summed E-state index contributed by atoms with van der Waals surface area (Å²) in [5.74, 6) is -2.83. The average molecular weight is 690 g/mol. The number of aromatic amines is 1. The van der Waals surface area contributed by atoms with Crippen molar-refractivity contribution < 1.29 is 51.9 Å². The molecule has 6 N–H and O–H groups in total. The molecule has 3 amide bonds. The van der Waals surface area contributed by atoms with Crippen LogP contribution < -0.4 is 16.0 Å². The second-order valence-electron chi connectivity index (χ2n) is 9.99. The Hall–Kier alpha value is -3.63. The standard InChI is InChI=1S/C28H37FN5O10P.ClH/c1-5-33(6-2)10-9-31-26(36)25-16(3)22(32-17(25)4)12-21-20-11-18(29)7-8-23(20)34(27(21)37)28(38)42-14-19(44-24(35)13-30)15-43-45(39,40)41;/h7-8,11-12,19,32H,5-6,9-10,13-15,30H2,1-4H3,(H,31,36)(H2,39,40,41);1H/b21-12-;. The highest BCUT2D eigenvalue weighted by molar-refractivity contribution is 7.46. The number of anilines is 1. The van der Waals surface area contributed by atoms with Crippen LogP contribution in [0.2, 0.25) is 0 Å². The maximum atomic E-state index is 14.3. The molecule has 0 spiro atoms. The Morgan fingerprint density at radius 3 is 2.48 bits per heavy atom. The second kappa shape index (κ2) is 16.8. The van der Waals surface area contributed by atoms with Gasteiger partial charge in [-0.1, -0.05) is 13.8 Å². The molecule has 1 aromatic heterocycles. The molecule has 0 saturated heterocycles. The van der Waals surface area contributed by atoms with Gasteiger partial charge in [0.2, 0.25) is 0 Å². The third-order valence-electron chi connectivity index (χ3n) is 6.99. The predicted octanol–water partition coefficient (Wildman–Crippen LogP) is 2.27. The number of aromatic nitrogens is 1. The van der Waals surface area contributed by atoms with Gasteiger partial charge in [0.15, 0.2) is 6.10 Å². The van der Waals surface area contributed by atoms with Gasteiger partial charge in [-0.05, 0) is 56.8 Å². The molecule has 18 heteroatoms. The van der Waals surface area contributed by atoms with Crippen LogP contribution in [-0.2, 0) is 28.2 Å². The number of halogens is 2. The molecule has 0 radical (unpaired) electrons. The van der Waals surface area contributed by atoms with E-state index in [9.17, 15) is 28.1 Å². The number of nitrogens with zero attached hydrogens (tertiary/aromatic N) is 2. The minimum Gasteiger partial charge on any atom is -0.455 e. The summed E-state index contributed by atoms with van der Waals surface area (Å²) in [5.41, 5.74) is 7.05. The molecule has 1 unspecified atom stereocenters. The molecular weight excluding hydrogens is 652 g/mol. The number of carbonyl (C=O) groups is 4. The Morgan fingerprint density at radius 2 is 1.87 bits per heavy atom. The van der Waals surface area contributed by atoms with Crippen LogP contribution in [0.3, 0.4) is 0 Å². The van der Waals surface area contributed by atoms with Gasteiger partial charge in [0.1, 0.15) is 12.4 Å². The smallest absolute Gasteiger partial charge is 0.455 e. The molecular formula is C28H38ClFN5O10P. The number of fused-ring (bicyclic) bond motifs is 1. The fraction of sp³-hybridized carbons (Fsp3) is 0.429. The van der Waals surface area contributed by atoms with Crippen LogP contribution >= 0.6 is 20.2 Å². The molecule has 254 valence electrons. The van der Waals surface area contributed by atoms with Crippen molar-refractivity contribution in [2.24, 2.45) is 5.73 Å². The fourth-order valence-electron chi connectivity index (χ4n) is 4.70. The van der Waals surface area contributed by atoms with Crippen molar-refractivity contribution in [1.82, 2.24) is 15.2 Å². The molecule has 3 rings (SSSR count). The summed E-state index contributed by atoms with van der Waals surface area (Å²) in [5, 5.41) is 2.90. The summed E-state index contributed by atoms with van der Waals surface area (Å²) < 4.78 is 39.8. The Balaban J connectivity index is 0.00000736. The van der Waals surface area contributed by atoms with Gasteiger partial charge in [-0.15, -0.1) is 12.4 Å². The quantitative estimate of drug-likeness (QED) is 0.110. The third-order valence-corrected chi connectivity index (χ3v) is 7.48. The van der Waals surface area contributed by atoms with Crippen molar-refractivity contribution in [2.75, 3.05) is 50.8 Å². The Labute approximate surface area is 270 Å². The van der Waals surface area contributed by atoms with E-state index < -0.39 is 57.5 Å². The van der Waals surface area contributed by atoms with Crippen LogP contribution in [0.25, 0.3) is 11.6 Å². The molecule has 2 heterocycles. The number of esters is 1. The Bertz CT molecular complexity index is 1520. The van der Waals surface area contributed by atoms with Crippen molar-refractivity contribution in [3.63, 3.8) is 0 Å². The summed E-state index contributed by atoms with van der Waals surface area (Å²) in [6, 6.07) is 3.31. The van der Waals surface area contributed by atoms with Gasteiger partial charge < -0.3 is 40.2 Å². The van der Waals surface area contributed by atoms with Gasteiger partial charge in [0.25, 0.3) is 11.8 Å². The lowest BCUT2D eigenvalue weighted by Crippen LogP contribution is -2.38. The monoisotopic (exact) mass is 689 g/mol. The molecule has 46 heavy (non-hydrogen) atoms. The van der Waals surface area contributed by atoms with E-state index in [0.29, 0.717) is 40.5 Å². The largest absolute Gasteiger partial charge is 0.469 e. The van der Waals surface area contributed by atoms with Crippen LogP contribution in [0.4, 0.5) is 14.9 Å². The van der Waals surface area contributed by atoms with E-state index in [1.54, 1.807) is 13.8 Å². The number of imide groups is 1. The highest BCUT2D eigenvalue weighted by Gasteiger charge is 2.39. The molecule has 1 aliphatic heterocycles. The van der Waals surface area contributed by atoms with Gasteiger partial charge in [0.05, 0.1) is 30.0 Å². The molecule has 0 fully saturated rings. The number of carbonyl (C=O) groups excluding carboxylic acids is 4. The lowest BCUT2D eigenvalue weighted by Gasteiger charge is -2.20. The van der Waals surface area contributed by atoms with Crippen molar-refractivity contribution in [3.05, 3.63) is 52.1 Å². The molecule has 0 bridgehead atoms. The van der Waals surface area contributed by atoms with Gasteiger partial charge in [-0.3, -0.25) is 18.9 Å². The maximum Gasteiger partial charge on any atom is 0.469 e. The number of H-pyrrole nitrogens is 1. The third kappa shape index (κ3) is 9.69. The van der Waals surface area contributed by atoms with Crippen LogP contribution in [-0.4, -0.2) is 95.6 Å². The topological polar surface area (TPSA) is 214 Å². The second-order valence-corrected chi connectivity index (χ2v) is 11.2. The molecule has 0 aliphatic carbocycles. The number of phosphoric ester groups is 1. The number of nitrogens with two attached hydrogens (primary N) is 1. The van der Waals surface area contributed by atoms with Gasteiger partial charge in [-0.2, -0.15) is 0 Å². The van der Waals surface area contributed by atoms with Gasteiger partial charge in [0, 0.05) is 30.0 Å². The minimum absolute atomic E-state index is 0. The summed E-state index contributed by atoms with van der Waals surface area (Å²) in [6.07, 6.45) is -1.31. The molecule has 2 aromatic rings. The predicted molar refractivity (Wildman–Crippen MR) is 168 cm³/mol. The Morgan fingerprint density at radius 1 is 1.20 bits per heavy atom. The lowest BCUT2D eigenvalue weighted by atomic mass is 10.0. The number of rotatable bonds is 14. The van der Waals surface area contributed by atoms with E-state index in [1.165, 1.54) is 12.1 Å². The first-order valence-corrected chi connectivity index (χ1v) is 15.6. The number of ether oxygens (including phenoxy) is 2.